The highest BCUT2D eigenvalue weighted by Gasteiger charge is 2.21. The molecule has 0 saturated carbocycles. The quantitative estimate of drug-likeness (QED) is 0.833. The van der Waals surface area contributed by atoms with Gasteiger partial charge >= 0.3 is 0 Å². The van der Waals surface area contributed by atoms with Gasteiger partial charge in [0.2, 0.25) is 0 Å². The Balaban J connectivity index is 1.55. The van der Waals surface area contributed by atoms with Crippen LogP contribution >= 0.6 is 0 Å². The Kier molecular flexibility index (Phi) is 5.24. The van der Waals surface area contributed by atoms with Gasteiger partial charge in [-0.25, -0.2) is 0 Å². The van der Waals surface area contributed by atoms with Gasteiger partial charge in [0, 0.05) is 24.5 Å². The molecule has 1 aliphatic carbocycles. The van der Waals surface area contributed by atoms with Crippen LogP contribution in [0.1, 0.15) is 24.3 Å². The lowest BCUT2D eigenvalue weighted by Crippen LogP contribution is -3.14. The molecule has 1 saturated heterocycles. The van der Waals surface area contributed by atoms with E-state index in [1.807, 2.05) is 18.2 Å². The van der Waals surface area contributed by atoms with Gasteiger partial charge in [0.1, 0.15) is 18.9 Å². The number of quaternary nitrogens is 1. The Bertz CT molecular complexity index is 521. The first kappa shape index (κ1) is 15.3. The first-order valence-electron chi connectivity index (χ1n) is 8.24. The number of carbonyl (C=O) groups is 1. The van der Waals surface area contributed by atoms with Gasteiger partial charge in [-0.1, -0.05) is 36.4 Å². The van der Waals surface area contributed by atoms with Gasteiger partial charge in [0.15, 0.2) is 0 Å². The van der Waals surface area contributed by atoms with E-state index in [1.54, 1.807) is 4.90 Å². The summed E-state index contributed by atoms with van der Waals surface area (Å²) in [4.78, 5) is 13.6. The summed E-state index contributed by atoms with van der Waals surface area (Å²) in [6.45, 7) is 5.93. The smallest absolute Gasteiger partial charge is 0.139 e. The first-order chi connectivity index (χ1) is 10.8. The Morgan fingerprint density at radius 2 is 1.95 bits per heavy atom. The molecule has 118 valence electrons. The summed E-state index contributed by atoms with van der Waals surface area (Å²) >= 11 is 0. The number of ether oxygens (including phenoxy) is 1. The van der Waals surface area contributed by atoms with Gasteiger partial charge in [-0.2, -0.15) is 0 Å². The zero-order valence-electron chi connectivity index (χ0n) is 13.0. The molecule has 0 bridgehead atoms. The second kappa shape index (κ2) is 7.56. The number of morpholine rings is 1. The van der Waals surface area contributed by atoms with Crippen molar-refractivity contribution in [1.29, 1.82) is 0 Å². The maximum atomic E-state index is 12.0. The lowest BCUT2D eigenvalue weighted by Gasteiger charge is -2.25. The van der Waals surface area contributed by atoms with E-state index < -0.39 is 0 Å². The van der Waals surface area contributed by atoms with Gasteiger partial charge in [-0.05, 0) is 5.56 Å². The van der Waals surface area contributed by atoms with Crippen molar-refractivity contribution < 1.29 is 14.4 Å². The summed E-state index contributed by atoms with van der Waals surface area (Å²) < 4.78 is 5.38. The highest BCUT2D eigenvalue weighted by atomic mass is 16.5. The molecule has 1 fully saturated rings. The zero-order valence-corrected chi connectivity index (χ0v) is 13.0. The third-order valence-electron chi connectivity index (χ3n) is 4.50. The summed E-state index contributed by atoms with van der Waals surface area (Å²) in [5, 5.41) is 3.48. The van der Waals surface area contributed by atoms with Crippen molar-refractivity contribution in [3.63, 3.8) is 0 Å². The number of nitrogens with one attached hydrogen (secondary N) is 2. The number of Topliss-reactive ketones (excluding diaryl/α,β-unsaturated/α-hetero) is 1. The van der Waals surface area contributed by atoms with Gasteiger partial charge in [0.25, 0.3) is 0 Å². The largest absolute Gasteiger partial charge is 0.383 e. The van der Waals surface area contributed by atoms with Crippen LogP contribution in [-0.4, -0.2) is 45.2 Å². The molecule has 1 unspecified atom stereocenters. The van der Waals surface area contributed by atoms with E-state index in [-0.39, 0.29) is 5.92 Å². The van der Waals surface area contributed by atoms with E-state index in [9.17, 15) is 4.79 Å². The number of hydrogen-bond donors (Lipinski definition) is 2. The second-order valence-corrected chi connectivity index (χ2v) is 6.17. The van der Waals surface area contributed by atoms with Gasteiger partial charge in [-0.15, -0.1) is 0 Å². The number of allylic oxidation sites excluding steroid dienone is 2. The number of rotatable bonds is 5. The van der Waals surface area contributed by atoms with Crippen LogP contribution in [0.4, 0.5) is 0 Å². The van der Waals surface area contributed by atoms with Crippen molar-refractivity contribution in [2.45, 2.75) is 18.8 Å². The molecule has 0 aromatic heterocycles. The SMILES string of the molecule is O=C1CC(NCC[NH+]2CCOCC2)=CC(c2ccccc2)C1. The Morgan fingerprint density at radius 1 is 1.18 bits per heavy atom. The molecule has 0 spiro atoms. The topological polar surface area (TPSA) is 42.8 Å². The van der Waals surface area contributed by atoms with E-state index in [1.165, 1.54) is 5.56 Å². The predicted molar refractivity (Wildman–Crippen MR) is 85.9 cm³/mol. The molecule has 1 aromatic rings. The van der Waals surface area contributed by atoms with Crippen LogP contribution in [0.3, 0.4) is 0 Å². The molecular formula is C18H25N2O2+. The summed E-state index contributed by atoms with van der Waals surface area (Å²) in [5.74, 6) is 0.554. The monoisotopic (exact) mass is 301 g/mol. The molecule has 3 rings (SSSR count). The lowest BCUT2D eigenvalue weighted by atomic mass is 9.87. The van der Waals surface area contributed by atoms with Crippen molar-refractivity contribution in [3.8, 4) is 0 Å². The maximum Gasteiger partial charge on any atom is 0.139 e. The molecule has 1 atom stereocenters. The van der Waals surface area contributed by atoms with E-state index in [0.717, 1.165) is 45.1 Å². The van der Waals surface area contributed by atoms with Gasteiger partial charge < -0.3 is 15.0 Å². The van der Waals surface area contributed by atoms with Crippen LogP contribution in [-0.2, 0) is 9.53 Å². The average molecular weight is 301 g/mol. The van der Waals surface area contributed by atoms with Crippen molar-refractivity contribution in [2.75, 3.05) is 39.4 Å². The Labute approximate surface area is 132 Å². The molecule has 1 aliphatic heterocycles. The summed E-state index contributed by atoms with van der Waals surface area (Å²) in [6.07, 6.45) is 3.43. The molecule has 1 heterocycles. The minimum atomic E-state index is 0.223. The molecule has 0 radical (unpaired) electrons. The van der Waals surface area contributed by atoms with Crippen molar-refractivity contribution in [1.82, 2.24) is 5.32 Å². The third-order valence-corrected chi connectivity index (χ3v) is 4.50. The van der Waals surface area contributed by atoms with E-state index in [2.05, 4.69) is 23.5 Å². The van der Waals surface area contributed by atoms with Crippen LogP contribution in [0.25, 0.3) is 0 Å². The molecule has 2 N–H and O–H groups in total. The van der Waals surface area contributed by atoms with Crippen LogP contribution in [0.5, 0.6) is 0 Å². The zero-order chi connectivity index (χ0) is 15.2. The normalized spacial score (nSPS) is 23.2. The van der Waals surface area contributed by atoms with Crippen LogP contribution in [0.2, 0.25) is 0 Å². The van der Waals surface area contributed by atoms with Crippen LogP contribution < -0.4 is 10.2 Å². The molecular weight excluding hydrogens is 276 g/mol. The number of benzene rings is 1. The third kappa shape index (κ3) is 4.18. The Hall–Kier alpha value is -1.65. The number of ketones is 1. The number of hydrogen-bond acceptors (Lipinski definition) is 3. The fraction of sp³-hybridized carbons (Fsp3) is 0.500. The fourth-order valence-corrected chi connectivity index (χ4v) is 3.24. The second-order valence-electron chi connectivity index (χ2n) is 6.17. The molecule has 0 amide bonds. The predicted octanol–water partition coefficient (Wildman–Crippen LogP) is 0.522. The summed E-state index contributed by atoms with van der Waals surface area (Å²) in [6, 6.07) is 10.3. The fourth-order valence-electron chi connectivity index (χ4n) is 3.24. The minimum absolute atomic E-state index is 0.223. The van der Waals surface area contributed by atoms with Crippen molar-refractivity contribution in [2.24, 2.45) is 0 Å². The minimum Gasteiger partial charge on any atom is -0.383 e. The molecule has 22 heavy (non-hydrogen) atoms. The van der Waals surface area contributed by atoms with Crippen molar-refractivity contribution >= 4 is 5.78 Å². The highest BCUT2D eigenvalue weighted by molar-refractivity contribution is 5.83. The average Bonchev–Trinajstić information content (AvgIpc) is 2.56. The summed E-state index contributed by atoms with van der Waals surface area (Å²) in [7, 11) is 0. The van der Waals surface area contributed by atoms with Crippen molar-refractivity contribution in [3.05, 3.63) is 47.7 Å². The molecule has 4 nitrogen and oxygen atoms in total. The van der Waals surface area contributed by atoms with E-state index >= 15 is 0 Å². The highest BCUT2D eigenvalue weighted by Crippen LogP contribution is 2.28. The van der Waals surface area contributed by atoms with E-state index in [0.29, 0.717) is 18.6 Å². The molecule has 1 aromatic carbocycles. The Morgan fingerprint density at radius 3 is 2.73 bits per heavy atom. The summed E-state index contributed by atoms with van der Waals surface area (Å²) in [5.41, 5.74) is 2.33. The maximum absolute atomic E-state index is 12.0. The number of carbonyl (C=O) groups excluding carboxylic acids is 1. The lowest BCUT2D eigenvalue weighted by molar-refractivity contribution is -0.906. The standard InChI is InChI=1S/C18H24N2O2/c21-18-13-16(15-4-2-1-3-5-15)12-17(14-18)19-6-7-20-8-10-22-11-9-20/h1-5,12,16,19H,6-11,13-14H2/p+1. The molecule has 2 aliphatic rings. The van der Waals surface area contributed by atoms with E-state index in [4.69, 9.17) is 4.74 Å². The first-order valence-corrected chi connectivity index (χ1v) is 8.24. The molecule has 4 heteroatoms. The van der Waals surface area contributed by atoms with Gasteiger partial charge in [-0.3, -0.25) is 4.79 Å². The van der Waals surface area contributed by atoms with Crippen LogP contribution in [0.15, 0.2) is 42.1 Å². The van der Waals surface area contributed by atoms with Crippen LogP contribution in [0, 0.1) is 0 Å². The van der Waals surface area contributed by atoms with Gasteiger partial charge in [0.05, 0.1) is 26.3 Å².